The van der Waals surface area contributed by atoms with E-state index in [0.717, 1.165) is 24.2 Å². The second kappa shape index (κ2) is 5.02. The molecule has 0 atom stereocenters. The van der Waals surface area contributed by atoms with Gasteiger partial charge in [-0.2, -0.15) is 0 Å². The predicted octanol–water partition coefficient (Wildman–Crippen LogP) is 2.01. The Morgan fingerprint density at radius 2 is 2.10 bits per heavy atom. The van der Waals surface area contributed by atoms with Gasteiger partial charge in [-0.3, -0.25) is 4.72 Å². The van der Waals surface area contributed by atoms with Crippen LogP contribution in [0.25, 0.3) is 0 Å². The summed E-state index contributed by atoms with van der Waals surface area (Å²) in [6.45, 7) is 0.838. The van der Waals surface area contributed by atoms with Gasteiger partial charge in [0.2, 0.25) is 0 Å². The van der Waals surface area contributed by atoms with Gasteiger partial charge in [0.15, 0.2) is 5.82 Å². The van der Waals surface area contributed by atoms with Gasteiger partial charge in [-0.25, -0.2) is 18.4 Å². The quantitative estimate of drug-likeness (QED) is 0.880. The van der Waals surface area contributed by atoms with E-state index in [0.29, 0.717) is 4.60 Å². The smallest absolute Gasteiger partial charge is 0.263 e. The molecule has 2 aromatic rings. The van der Waals surface area contributed by atoms with E-state index in [2.05, 4.69) is 35.9 Å². The van der Waals surface area contributed by atoms with E-state index in [1.54, 1.807) is 12.1 Å². The van der Waals surface area contributed by atoms with Crippen LogP contribution < -0.4 is 10.0 Å². The Morgan fingerprint density at radius 3 is 2.85 bits per heavy atom. The third-order valence-corrected chi connectivity index (χ3v) is 4.72. The van der Waals surface area contributed by atoms with Crippen LogP contribution in [-0.4, -0.2) is 24.9 Å². The molecule has 6 nitrogen and oxygen atoms in total. The molecule has 0 radical (unpaired) electrons. The van der Waals surface area contributed by atoms with Crippen molar-refractivity contribution >= 4 is 37.5 Å². The fraction of sp³-hybridized carbons (Fsp3) is 0.167. The van der Waals surface area contributed by atoms with Crippen molar-refractivity contribution in [3.63, 3.8) is 0 Å². The molecule has 0 unspecified atom stereocenters. The van der Waals surface area contributed by atoms with Crippen molar-refractivity contribution in [2.75, 3.05) is 16.6 Å². The number of sulfonamides is 1. The van der Waals surface area contributed by atoms with Crippen LogP contribution in [0.5, 0.6) is 0 Å². The maximum absolute atomic E-state index is 12.3. The van der Waals surface area contributed by atoms with Gasteiger partial charge in [-0.05, 0) is 40.0 Å². The van der Waals surface area contributed by atoms with E-state index in [9.17, 15) is 8.42 Å². The zero-order valence-corrected chi connectivity index (χ0v) is 12.7. The second-order valence-corrected chi connectivity index (χ2v) is 6.82. The zero-order chi connectivity index (χ0) is 14.2. The van der Waals surface area contributed by atoms with Gasteiger partial charge >= 0.3 is 0 Å². The molecule has 0 saturated carbocycles. The van der Waals surface area contributed by atoms with Crippen LogP contribution in [0.15, 0.2) is 40.1 Å². The van der Waals surface area contributed by atoms with E-state index < -0.39 is 10.0 Å². The van der Waals surface area contributed by atoms with Crippen LogP contribution in [-0.2, 0) is 16.4 Å². The topological polar surface area (TPSA) is 84.0 Å². The molecule has 1 aliphatic rings. The molecule has 104 valence electrons. The van der Waals surface area contributed by atoms with E-state index in [4.69, 9.17) is 0 Å². The summed E-state index contributed by atoms with van der Waals surface area (Å²) in [7, 11) is -3.66. The minimum absolute atomic E-state index is 0.182. The van der Waals surface area contributed by atoms with Gasteiger partial charge in [0.05, 0.1) is 17.3 Å². The number of nitrogens with one attached hydrogen (secondary N) is 2. The van der Waals surface area contributed by atoms with E-state index in [1.807, 2.05) is 6.07 Å². The largest absolute Gasteiger partial charge is 0.384 e. The Hall–Kier alpha value is -1.67. The fourth-order valence-corrected chi connectivity index (χ4v) is 3.22. The molecule has 1 aliphatic heterocycles. The van der Waals surface area contributed by atoms with E-state index in [-0.39, 0.29) is 10.7 Å². The van der Waals surface area contributed by atoms with Crippen LogP contribution in [0.1, 0.15) is 5.56 Å². The second-order valence-electron chi connectivity index (χ2n) is 4.33. The summed E-state index contributed by atoms with van der Waals surface area (Å²) in [6, 6.07) is 5.06. The molecular formula is C12H11BrN4O2S. The Morgan fingerprint density at radius 1 is 1.25 bits per heavy atom. The Bertz CT molecular complexity index is 747. The van der Waals surface area contributed by atoms with Crippen molar-refractivity contribution in [3.8, 4) is 0 Å². The highest BCUT2D eigenvalue weighted by Crippen LogP contribution is 2.26. The monoisotopic (exact) mass is 354 g/mol. The molecule has 0 spiro atoms. The van der Waals surface area contributed by atoms with Gasteiger partial charge in [0.1, 0.15) is 4.60 Å². The number of benzene rings is 1. The summed E-state index contributed by atoms with van der Waals surface area (Å²) in [5, 5.41) is 3.16. The van der Waals surface area contributed by atoms with Crippen molar-refractivity contribution in [2.45, 2.75) is 11.3 Å². The Kier molecular flexibility index (Phi) is 3.35. The SMILES string of the molecule is O=S(=O)(Nc1cnc(Br)cn1)c1ccc2c(c1)NCC2. The van der Waals surface area contributed by atoms with Crippen molar-refractivity contribution < 1.29 is 8.42 Å². The van der Waals surface area contributed by atoms with Crippen molar-refractivity contribution in [2.24, 2.45) is 0 Å². The van der Waals surface area contributed by atoms with Crippen molar-refractivity contribution in [1.29, 1.82) is 0 Å². The number of anilines is 2. The summed E-state index contributed by atoms with van der Waals surface area (Å²) in [5.74, 6) is 0.182. The summed E-state index contributed by atoms with van der Waals surface area (Å²) in [6.07, 6.45) is 3.70. The van der Waals surface area contributed by atoms with Gasteiger partial charge in [0.25, 0.3) is 10.0 Å². The first kappa shape index (κ1) is 13.3. The maximum Gasteiger partial charge on any atom is 0.263 e. The molecule has 0 saturated heterocycles. The van der Waals surface area contributed by atoms with Gasteiger partial charge < -0.3 is 5.32 Å². The summed E-state index contributed by atoms with van der Waals surface area (Å²) in [5.41, 5.74) is 2.00. The lowest BCUT2D eigenvalue weighted by molar-refractivity contribution is 0.601. The molecule has 0 bridgehead atoms. The highest BCUT2D eigenvalue weighted by atomic mass is 79.9. The van der Waals surface area contributed by atoms with Crippen molar-refractivity contribution in [3.05, 3.63) is 40.8 Å². The number of rotatable bonds is 3. The number of fused-ring (bicyclic) bond motifs is 1. The standard InChI is InChI=1S/C12H11BrN4O2S/c13-11-6-16-12(7-15-11)17-20(18,19)9-2-1-8-3-4-14-10(8)5-9/h1-2,5-7,14H,3-4H2,(H,16,17). The third-order valence-electron chi connectivity index (χ3n) is 2.96. The highest BCUT2D eigenvalue weighted by molar-refractivity contribution is 9.10. The van der Waals surface area contributed by atoms with E-state index in [1.165, 1.54) is 12.4 Å². The zero-order valence-electron chi connectivity index (χ0n) is 10.3. The van der Waals surface area contributed by atoms with Gasteiger partial charge in [-0.15, -0.1) is 0 Å². The third kappa shape index (κ3) is 2.61. The molecule has 1 aromatic heterocycles. The van der Waals surface area contributed by atoms with Crippen LogP contribution in [0.2, 0.25) is 0 Å². The van der Waals surface area contributed by atoms with Crippen LogP contribution in [0.3, 0.4) is 0 Å². The number of hydrogen-bond acceptors (Lipinski definition) is 5. The van der Waals surface area contributed by atoms with E-state index >= 15 is 0 Å². The summed E-state index contributed by atoms with van der Waals surface area (Å²) in [4.78, 5) is 8.08. The average molecular weight is 355 g/mol. The Labute approximate surface area is 124 Å². The molecule has 2 N–H and O–H groups in total. The maximum atomic E-state index is 12.3. The number of nitrogens with zero attached hydrogens (tertiary/aromatic N) is 2. The van der Waals surface area contributed by atoms with Crippen LogP contribution >= 0.6 is 15.9 Å². The molecule has 1 aromatic carbocycles. The summed E-state index contributed by atoms with van der Waals surface area (Å²) < 4.78 is 27.5. The first-order chi connectivity index (χ1) is 9.54. The molecule has 3 rings (SSSR count). The molecule has 2 heterocycles. The van der Waals surface area contributed by atoms with Crippen LogP contribution in [0.4, 0.5) is 11.5 Å². The summed E-state index contributed by atoms with van der Waals surface area (Å²) >= 11 is 3.14. The molecular weight excluding hydrogens is 344 g/mol. The van der Waals surface area contributed by atoms with Crippen LogP contribution in [0, 0.1) is 0 Å². The molecule has 8 heteroatoms. The minimum atomic E-state index is -3.66. The molecule has 0 aliphatic carbocycles. The van der Waals surface area contributed by atoms with Crippen molar-refractivity contribution in [1.82, 2.24) is 9.97 Å². The highest BCUT2D eigenvalue weighted by Gasteiger charge is 2.18. The predicted molar refractivity (Wildman–Crippen MR) is 79.2 cm³/mol. The lowest BCUT2D eigenvalue weighted by Gasteiger charge is -2.08. The van der Waals surface area contributed by atoms with Gasteiger partial charge in [-0.1, -0.05) is 6.07 Å². The lowest BCUT2D eigenvalue weighted by atomic mass is 10.2. The molecule has 0 fully saturated rings. The average Bonchev–Trinajstić information content (AvgIpc) is 2.88. The van der Waals surface area contributed by atoms with Gasteiger partial charge in [0, 0.05) is 12.2 Å². The number of hydrogen-bond donors (Lipinski definition) is 2. The first-order valence-corrected chi connectivity index (χ1v) is 8.19. The number of aromatic nitrogens is 2. The molecule has 20 heavy (non-hydrogen) atoms. The Balaban J connectivity index is 1.90. The normalized spacial score (nSPS) is 13.7. The minimum Gasteiger partial charge on any atom is -0.384 e. The lowest BCUT2D eigenvalue weighted by Crippen LogP contribution is -2.14. The molecule has 0 amide bonds. The fourth-order valence-electron chi connectivity index (χ4n) is 2.00. The number of halogens is 1. The first-order valence-electron chi connectivity index (χ1n) is 5.92.